The Morgan fingerprint density at radius 3 is 2.18 bits per heavy atom. The Bertz CT molecular complexity index is 2290. The fourth-order valence-electron chi connectivity index (χ4n) is 7.16. The van der Waals surface area contributed by atoms with Crippen molar-refractivity contribution in [2.24, 2.45) is 16.7 Å². The second kappa shape index (κ2) is 17.7. The Balaban J connectivity index is 0.000000320. The molecule has 0 amide bonds. The molecular formula is C49H60IrNO3S-. The van der Waals surface area contributed by atoms with E-state index in [-0.39, 0.29) is 47.9 Å². The maximum absolute atomic E-state index is 12.2. The molecule has 1 N–H and O–H groups in total. The van der Waals surface area contributed by atoms with Gasteiger partial charge in [0.2, 0.25) is 0 Å². The van der Waals surface area contributed by atoms with Gasteiger partial charge in [-0.3, -0.25) is 9.78 Å². The standard InChI is InChI=1S/C34H32NOS.C15H28O2.Ir/c1-20(2)15-22-11-12-30-26(16-22)27(19-37-30)33-21(3)31-29(36-33)13-14-35-32(31)24-17-23-9-7-8-10-25(23)28(18-24)34(4,5)6;1-7-14(5,8-2)12(16)11-13(17)15(6,9-3)10-4;/h7-14,16,18-20H,15H2,1-6H3;11,16H,7-10H2,1-6H3;/q-1;;/b;12-11-;. The molecule has 4 nitrogen and oxygen atoms in total. The summed E-state index contributed by atoms with van der Waals surface area (Å²) in [7, 11) is 0. The van der Waals surface area contributed by atoms with Crippen molar-refractivity contribution >= 4 is 48.9 Å². The smallest absolute Gasteiger partial charge is 0.164 e. The number of aliphatic hydroxyl groups is 1. The van der Waals surface area contributed by atoms with Gasteiger partial charge in [-0.1, -0.05) is 111 Å². The van der Waals surface area contributed by atoms with Crippen LogP contribution in [0.2, 0.25) is 0 Å². The first kappa shape index (κ1) is 44.1. The Labute approximate surface area is 347 Å². The van der Waals surface area contributed by atoms with Gasteiger partial charge in [0.25, 0.3) is 0 Å². The van der Waals surface area contributed by atoms with Crippen LogP contribution in [0.5, 0.6) is 0 Å². The number of furan rings is 1. The van der Waals surface area contributed by atoms with Crippen molar-refractivity contribution in [3.8, 4) is 22.6 Å². The van der Waals surface area contributed by atoms with E-state index in [1.807, 2.05) is 53.8 Å². The minimum absolute atomic E-state index is 0. The molecular weight excluding hydrogens is 875 g/mol. The summed E-state index contributed by atoms with van der Waals surface area (Å²) in [5.74, 6) is 1.85. The molecule has 1 radical (unpaired) electrons. The molecule has 295 valence electrons. The summed E-state index contributed by atoms with van der Waals surface area (Å²) in [6.07, 6.45) is 7.69. The Kier molecular flexibility index (Phi) is 14.2. The van der Waals surface area contributed by atoms with Crippen LogP contribution in [0, 0.1) is 29.7 Å². The molecule has 0 unspecified atom stereocenters. The quantitative estimate of drug-likeness (QED) is 0.0799. The van der Waals surface area contributed by atoms with Crippen LogP contribution in [-0.4, -0.2) is 15.9 Å². The van der Waals surface area contributed by atoms with Crippen molar-refractivity contribution in [1.82, 2.24) is 4.98 Å². The SMILES string of the molecule is CCC(C)(CC)C(=O)/C=C(\O)C(C)(CC)CC.Cc1c(-c2csc3ccc(CC(C)C)cc23)oc2ccnc(-c3[c-]c4ccccc4c(C(C)(C)C)c3)c12.[Ir]. The van der Waals surface area contributed by atoms with E-state index >= 15 is 0 Å². The number of aromatic nitrogens is 1. The summed E-state index contributed by atoms with van der Waals surface area (Å²) in [5.41, 5.74) is 7.19. The van der Waals surface area contributed by atoms with Crippen molar-refractivity contribution in [3.63, 3.8) is 0 Å². The van der Waals surface area contributed by atoms with Crippen LogP contribution in [0.15, 0.2) is 82.4 Å². The molecule has 0 fully saturated rings. The van der Waals surface area contributed by atoms with Gasteiger partial charge in [-0.25, -0.2) is 0 Å². The van der Waals surface area contributed by atoms with Crippen molar-refractivity contribution in [2.45, 2.75) is 121 Å². The van der Waals surface area contributed by atoms with Crippen molar-refractivity contribution in [3.05, 3.63) is 101 Å². The number of carbonyl (C=O) groups excluding carboxylic acids is 1. The first-order chi connectivity index (χ1) is 25.5. The number of benzene rings is 3. The predicted octanol–water partition coefficient (Wildman–Crippen LogP) is 14.8. The minimum atomic E-state index is -0.337. The van der Waals surface area contributed by atoms with Gasteiger partial charge in [-0.2, -0.15) is 0 Å². The van der Waals surface area contributed by atoms with Crippen molar-refractivity contribution in [1.29, 1.82) is 0 Å². The summed E-state index contributed by atoms with van der Waals surface area (Å²) in [6.45, 7) is 25.6. The zero-order chi connectivity index (χ0) is 39.6. The molecule has 55 heavy (non-hydrogen) atoms. The third-order valence-electron chi connectivity index (χ3n) is 11.8. The average Bonchev–Trinajstić information content (AvgIpc) is 3.72. The van der Waals surface area contributed by atoms with E-state index in [2.05, 4.69) is 102 Å². The third kappa shape index (κ3) is 9.19. The number of ketones is 1. The first-order valence-corrected chi connectivity index (χ1v) is 20.7. The zero-order valence-corrected chi connectivity index (χ0v) is 38.2. The molecule has 0 atom stereocenters. The Morgan fingerprint density at radius 1 is 0.909 bits per heavy atom. The van der Waals surface area contributed by atoms with Crippen LogP contribution in [-0.2, 0) is 36.7 Å². The summed E-state index contributed by atoms with van der Waals surface area (Å²) in [6, 6.07) is 23.3. The molecule has 0 aliphatic heterocycles. The van der Waals surface area contributed by atoms with Crippen LogP contribution in [0.25, 0.3) is 54.4 Å². The van der Waals surface area contributed by atoms with E-state index in [0.717, 1.165) is 71.0 Å². The molecule has 0 aliphatic carbocycles. The summed E-state index contributed by atoms with van der Waals surface area (Å²) < 4.78 is 7.86. The minimum Gasteiger partial charge on any atom is -0.512 e. The van der Waals surface area contributed by atoms with Gasteiger partial charge in [0.15, 0.2) is 5.78 Å². The number of carbonyl (C=O) groups is 1. The van der Waals surface area contributed by atoms with E-state index in [1.54, 1.807) is 11.3 Å². The molecule has 6 rings (SSSR count). The van der Waals surface area contributed by atoms with E-state index < -0.39 is 0 Å². The molecule has 0 saturated heterocycles. The second-order valence-electron chi connectivity index (χ2n) is 17.0. The van der Waals surface area contributed by atoms with E-state index in [9.17, 15) is 9.90 Å². The molecule has 0 saturated carbocycles. The van der Waals surface area contributed by atoms with Crippen molar-refractivity contribution in [2.75, 3.05) is 0 Å². The zero-order valence-electron chi connectivity index (χ0n) is 35.0. The molecule has 0 bridgehead atoms. The number of aryl methyl sites for hydroxylation is 1. The average molecular weight is 935 g/mol. The summed E-state index contributed by atoms with van der Waals surface area (Å²) in [4.78, 5) is 17.1. The molecule has 6 aromatic rings. The molecule has 3 aromatic heterocycles. The van der Waals surface area contributed by atoms with Gasteiger partial charge in [-0.15, -0.1) is 40.5 Å². The third-order valence-corrected chi connectivity index (χ3v) is 12.8. The first-order valence-electron chi connectivity index (χ1n) is 19.8. The maximum atomic E-state index is 12.2. The largest absolute Gasteiger partial charge is 0.512 e. The van der Waals surface area contributed by atoms with Gasteiger partial charge in [0, 0.05) is 75.3 Å². The number of rotatable bonds is 11. The van der Waals surface area contributed by atoms with Crippen LogP contribution >= 0.6 is 11.3 Å². The van der Waals surface area contributed by atoms with E-state index in [4.69, 9.17) is 9.40 Å². The molecule has 6 heteroatoms. The molecule has 3 heterocycles. The van der Waals surface area contributed by atoms with Crippen LogP contribution < -0.4 is 0 Å². The molecule has 0 spiro atoms. The van der Waals surface area contributed by atoms with Gasteiger partial charge in [-0.05, 0) is 79.7 Å². The number of thiophene rings is 1. The van der Waals surface area contributed by atoms with Gasteiger partial charge < -0.3 is 9.52 Å². The van der Waals surface area contributed by atoms with Crippen LogP contribution in [0.3, 0.4) is 0 Å². The fourth-order valence-corrected chi connectivity index (χ4v) is 8.09. The number of fused-ring (bicyclic) bond motifs is 3. The number of allylic oxidation sites excluding steroid dienone is 2. The maximum Gasteiger partial charge on any atom is 0.164 e. The number of hydrogen-bond donors (Lipinski definition) is 1. The molecule has 3 aromatic carbocycles. The monoisotopic (exact) mass is 935 g/mol. The number of pyridine rings is 1. The Morgan fingerprint density at radius 2 is 1.56 bits per heavy atom. The van der Waals surface area contributed by atoms with Crippen molar-refractivity contribution < 1.29 is 34.4 Å². The van der Waals surface area contributed by atoms with Gasteiger partial charge >= 0.3 is 0 Å². The molecule has 0 aliphatic rings. The van der Waals surface area contributed by atoms with Gasteiger partial charge in [0.05, 0.1) is 0 Å². The summed E-state index contributed by atoms with van der Waals surface area (Å²) in [5, 5.41) is 17.1. The fraction of sp³-hybridized carbons (Fsp3) is 0.429. The predicted molar refractivity (Wildman–Crippen MR) is 232 cm³/mol. The topological polar surface area (TPSA) is 63.3 Å². The van der Waals surface area contributed by atoms with Gasteiger partial charge in [0.1, 0.15) is 17.1 Å². The van der Waals surface area contributed by atoms with Crippen LogP contribution in [0.1, 0.15) is 119 Å². The number of hydrogen-bond acceptors (Lipinski definition) is 5. The number of nitrogens with zero attached hydrogens (tertiary/aromatic N) is 1. The summed E-state index contributed by atoms with van der Waals surface area (Å²) >= 11 is 1.78. The second-order valence-corrected chi connectivity index (χ2v) is 17.9. The normalized spacial score (nSPS) is 12.6. The number of aliphatic hydroxyl groups excluding tert-OH is 1. The van der Waals surface area contributed by atoms with E-state index in [0.29, 0.717) is 5.92 Å². The van der Waals surface area contributed by atoms with E-state index in [1.165, 1.54) is 38.2 Å². The Hall–Kier alpha value is -3.57. The van der Waals surface area contributed by atoms with Crippen LogP contribution in [0.4, 0.5) is 0 Å².